The van der Waals surface area contributed by atoms with Crippen molar-refractivity contribution in [2.75, 3.05) is 12.0 Å². The van der Waals surface area contributed by atoms with Crippen molar-refractivity contribution in [2.24, 2.45) is 0 Å². The first kappa shape index (κ1) is 20.8. The number of nitrogens with zero attached hydrogens (tertiary/aromatic N) is 1. The molecule has 4 aromatic carbocycles. The average molecular weight is 439 g/mol. The van der Waals surface area contributed by atoms with Crippen LogP contribution in [0.4, 0.5) is 10.1 Å². The third kappa shape index (κ3) is 3.61. The second-order valence-corrected chi connectivity index (χ2v) is 7.98. The number of carbonyl (C=O) groups excluding carboxylic acids is 1. The number of amides is 1. The van der Waals surface area contributed by atoms with Gasteiger partial charge in [-0.2, -0.15) is 0 Å². The van der Waals surface area contributed by atoms with Crippen LogP contribution >= 0.6 is 0 Å². The van der Waals surface area contributed by atoms with Gasteiger partial charge in [0, 0.05) is 17.3 Å². The first-order chi connectivity index (χ1) is 16.1. The van der Waals surface area contributed by atoms with Gasteiger partial charge in [-0.25, -0.2) is 4.39 Å². The molecule has 1 N–H and O–H groups in total. The largest absolute Gasteiger partial charge is 0.507 e. The van der Waals surface area contributed by atoms with Gasteiger partial charge in [0.05, 0.1) is 19.6 Å². The van der Waals surface area contributed by atoms with Crippen molar-refractivity contribution < 1.29 is 19.0 Å². The Morgan fingerprint density at radius 3 is 2.39 bits per heavy atom. The Hall–Kier alpha value is -4.12. The van der Waals surface area contributed by atoms with Gasteiger partial charge >= 0.3 is 0 Å². The fourth-order valence-electron chi connectivity index (χ4n) is 4.52. The first-order valence-electron chi connectivity index (χ1n) is 10.7. The summed E-state index contributed by atoms with van der Waals surface area (Å²) in [6, 6.07) is 27.9. The Morgan fingerprint density at radius 1 is 0.909 bits per heavy atom. The van der Waals surface area contributed by atoms with E-state index in [9.17, 15) is 14.3 Å². The molecule has 5 rings (SSSR count). The number of hydrogen-bond donors (Lipinski definition) is 1. The molecule has 1 unspecified atom stereocenters. The normalized spacial score (nSPS) is 14.9. The number of hydrogen-bond acceptors (Lipinski definition) is 3. The summed E-state index contributed by atoms with van der Waals surface area (Å²) in [5.41, 5.74) is 4.83. The van der Waals surface area contributed by atoms with Crippen molar-refractivity contribution in [3.63, 3.8) is 0 Å². The lowest BCUT2D eigenvalue weighted by molar-refractivity contribution is -0.118. The van der Waals surface area contributed by atoms with Crippen LogP contribution in [0.15, 0.2) is 91.0 Å². The summed E-state index contributed by atoms with van der Waals surface area (Å²) < 4.78 is 19.5. The maximum atomic E-state index is 14.5. The summed E-state index contributed by atoms with van der Waals surface area (Å²) in [6.07, 6.45) is 0. The van der Waals surface area contributed by atoms with Crippen LogP contribution in [0.1, 0.15) is 22.6 Å². The standard InChI is InChI=1S/C28H22FNO3/c1-33-26-16-25(31)22(15-23(26)29)27-21-13-7-8-14-24(21)30(28(27)32)17-19-11-5-6-12-20(19)18-9-3-2-4-10-18/h2-16,27,31H,17H2,1H3. The number of para-hydroxylation sites is 1. The van der Waals surface area contributed by atoms with E-state index in [4.69, 9.17) is 4.74 Å². The summed E-state index contributed by atoms with van der Waals surface area (Å²) in [5.74, 6) is -1.87. The quantitative estimate of drug-likeness (QED) is 0.422. The number of phenolic OH excluding ortho intramolecular Hbond substituents is 1. The zero-order chi connectivity index (χ0) is 22.9. The lowest BCUT2D eigenvalue weighted by Gasteiger charge is -2.21. The van der Waals surface area contributed by atoms with E-state index >= 15 is 0 Å². The summed E-state index contributed by atoms with van der Waals surface area (Å²) in [5, 5.41) is 10.6. The van der Waals surface area contributed by atoms with Crippen LogP contribution in [0, 0.1) is 5.82 Å². The predicted octanol–water partition coefficient (Wildman–Crippen LogP) is 5.89. The molecule has 1 heterocycles. The highest BCUT2D eigenvalue weighted by molar-refractivity contribution is 6.07. The molecule has 0 spiro atoms. The van der Waals surface area contributed by atoms with Crippen LogP contribution in [0.5, 0.6) is 11.5 Å². The summed E-state index contributed by atoms with van der Waals surface area (Å²) in [6.45, 7) is 0.358. The summed E-state index contributed by atoms with van der Waals surface area (Å²) in [7, 11) is 1.33. The Kier molecular flexibility index (Phi) is 5.31. The van der Waals surface area contributed by atoms with Crippen molar-refractivity contribution in [2.45, 2.75) is 12.5 Å². The number of phenols is 1. The third-order valence-corrected chi connectivity index (χ3v) is 6.09. The van der Waals surface area contributed by atoms with E-state index in [0.29, 0.717) is 6.54 Å². The number of carbonyl (C=O) groups is 1. The molecule has 33 heavy (non-hydrogen) atoms. The molecule has 164 valence electrons. The molecule has 1 amide bonds. The zero-order valence-electron chi connectivity index (χ0n) is 18.0. The second-order valence-electron chi connectivity index (χ2n) is 7.98. The van der Waals surface area contributed by atoms with Gasteiger partial charge in [0.2, 0.25) is 5.91 Å². The summed E-state index contributed by atoms with van der Waals surface area (Å²) in [4.78, 5) is 15.4. The monoisotopic (exact) mass is 439 g/mol. The average Bonchev–Trinajstić information content (AvgIpc) is 3.12. The SMILES string of the molecule is COc1cc(O)c(C2C(=O)N(Cc3ccccc3-c3ccccc3)c3ccccc32)cc1F. The smallest absolute Gasteiger partial charge is 0.239 e. The molecule has 0 radical (unpaired) electrons. The number of halogens is 1. The van der Waals surface area contributed by atoms with Crippen LogP contribution in [0.25, 0.3) is 11.1 Å². The minimum atomic E-state index is -0.800. The number of anilines is 1. The molecule has 0 saturated heterocycles. The van der Waals surface area contributed by atoms with Crippen LogP contribution in [-0.2, 0) is 11.3 Å². The van der Waals surface area contributed by atoms with Crippen molar-refractivity contribution in [1.82, 2.24) is 0 Å². The Balaban J connectivity index is 1.57. The molecule has 0 aromatic heterocycles. The lowest BCUT2D eigenvalue weighted by atomic mass is 9.91. The van der Waals surface area contributed by atoms with Gasteiger partial charge in [0.15, 0.2) is 11.6 Å². The maximum Gasteiger partial charge on any atom is 0.239 e. The van der Waals surface area contributed by atoms with E-state index in [1.165, 1.54) is 19.2 Å². The van der Waals surface area contributed by atoms with E-state index < -0.39 is 11.7 Å². The Morgan fingerprint density at radius 2 is 1.61 bits per heavy atom. The van der Waals surface area contributed by atoms with Crippen LogP contribution < -0.4 is 9.64 Å². The lowest BCUT2D eigenvalue weighted by Crippen LogP contribution is -2.29. The highest BCUT2D eigenvalue weighted by Gasteiger charge is 2.40. The predicted molar refractivity (Wildman–Crippen MR) is 126 cm³/mol. The highest BCUT2D eigenvalue weighted by Crippen LogP contribution is 2.45. The number of ether oxygens (including phenoxy) is 1. The molecule has 4 aromatic rings. The second kappa shape index (κ2) is 8.43. The van der Waals surface area contributed by atoms with Crippen LogP contribution in [0.3, 0.4) is 0 Å². The topological polar surface area (TPSA) is 49.8 Å². The Bertz CT molecular complexity index is 1340. The van der Waals surface area contributed by atoms with Crippen molar-refractivity contribution in [1.29, 1.82) is 0 Å². The molecule has 1 aliphatic heterocycles. The molecule has 4 nitrogen and oxygen atoms in total. The molecule has 0 fully saturated rings. The van der Waals surface area contributed by atoms with E-state index in [1.807, 2.05) is 78.9 Å². The van der Waals surface area contributed by atoms with Crippen LogP contribution in [0.2, 0.25) is 0 Å². The van der Waals surface area contributed by atoms with Crippen molar-refractivity contribution in [3.8, 4) is 22.6 Å². The molecule has 1 aliphatic rings. The number of rotatable bonds is 5. The highest BCUT2D eigenvalue weighted by atomic mass is 19.1. The fraction of sp³-hybridized carbons (Fsp3) is 0.107. The van der Waals surface area contributed by atoms with Gasteiger partial charge < -0.3 is 14.7 Å². The van der Waals surface area contributed by atoms with Gasteiger partial charge in [-0.05, 0) is 34.4 Å². The van der Waals surface area contributed by atoms with E-state index in [1.54, 1.807) is 4.90 Å². The van der Waals surface area contributed by atoms with Crippen molar-refractivity contribution in [3.05, 3.63) is 114 Å². The Labute approximate surface area is 191 Å². The van der Waals surface area contributed by atoms with Gasteiger partial charge in [0.25, 0.3) is 0 Å². The molecular formula is C28H22FNO3. The van der Waals surface area contributed by atoms with E-state index in [2.05, 4.69) is 0 Å². The molecule has 0 bridgehead atoms. The number of fused-ring (bicyclic) bond motifs is 1. The number of benzene rings is 4. The molecule has 0 saturated carbocycles. The van der Waals surface area contributed by atoms with Gasteiger partial charge in [0.1, 0.15) is 5.75 Å². The van der Waals surface area contributed by atoms with Crippen LogP contribution in [-0.4, -0.2) is 18.1 Å². The fourth-order valence-corrected chi connectivity index (χ4v) is 4.52. The van der Waals surface area contributed by atoms with E-state index in [0.717, 1.165) is 27.9 Å². The van der Waals surface area contributed by atoms with Gasteiger partial charge in [-0.3, -0.25) is 4.79 Å². The number of methoxy groups -OCH3 is 1. The minimum absolute atomic E-state index is 0.0661. The molecule has 1 atom stereocenters. The zero-order valence-corrected chi connectivity index (χ0v) is 18.0. The number of aromatic hydroxyl groups is 1. The molecule has 5 heteroatoms. The summed E-state index contributed by atoms with van der Waals surface area (Å²) >= 11 is 0. The van der Waals surface area contributed by atoms with E-state index in [-0.39, 0.29) is 23.0 Å². The molecule has 0 aliphatic carbocycles. The maximum absolute atomic E-state index is 14.5. The van der Waals surface area contributed by atoms with Gasteiger partial charge in [-0.15, -0.1) is 0 Å². The first-order valence-corrected chi connectivity index (χ1v) is 10.7. The van der Waals surface area contributed by atoms with Crippen molar-refractivity contribution >= 4 is 11.6 Å². The minimum Gasteiger partial charge on any atom is -0.507 e. The molecular weight excluding hydrogens is 417 g/mol. The third-order valence-electron chi connectivity index (χ3n) is 6.09. The van der Waals surface area contributed by atoms with Gasteiger partial charge in [-0.1, -0.05) is 72.8 Å².